The molecule has 0 bridgehead atoms. The normalized spacial score (nSPS) is 21.8. The third-order valence-corrected chi connectivity index (χ3v) is 6.32. The molecule has 106 valence electrons. The quantitative estimate of drug-likeness (QED) is 0.895. The summed E-state index contributed by atoms with van der Waals surface area (Å²) in [4.78, 5) is 0. The van der Waals surface area contributed by atoms with Crippen LogP contribution in [0.3, 0.4) is 0 Å². The van der Waals surface area contributed by atoms with Gasteiger partial charge in [-0.25, -0.2) is 0 Å². The van der Waals surface area contributed by atoms with Crippen LogP contribution in [0.1, 0.15) is 50.6 Å². The van der Waals surface area contributed by atoms with E-state index in [1.807, 2.05) is 13.1 Å². The van der Waals surface area contributed by atoms with Crippen molar-refractivity contribution in [3.8, 4) is 0 Å². The molecule has 3 atom stereocenters. The summed E-state index contributed by atoms with van der Waals surface area (Å²) in [6, 6.07) is 10.6. The van der Waals surface area contributed by atoms with Crippen molar-refractivity contribution in [3.63, 3.8) is 0 Å². The first-order valence-corrected chi connectivity index (χ1v) is 8.63. The van der Waals surface area contributed by atoms with Crippen LogP contribution in [0.15, 0.2) is 30.3 Å². The van der Waals surface area contributed by atoms with Crippen molar-refractivity contribution >= 4 is 10.8 Å². The lowest BCUT2D eigenvalue weighted by Crippen LogP contribution is -2.35. The molecule has 1 aliphatic rings. The molecule has 0 heterocycles. The van der Waals surface area contributed by atoms with Crippen LogP contribution in [-0.2, 0) is 10.8 Å². The van der Waals surface area contributed by atoms with Gasteiger partial charge in [-0.2, -0.15) is 0 Å². The van der Waals surface area contributed by atoms with Gasteiger partial charge in [0.05, 0.1) is 5.25 Å². The number of hydrogen-bond donors (Lipinski definition) is 1. The van der Waals surface area contributed by atoms with Gasteiger partial charge in [-0.1, -0.05) is 49.6 Å². The van der Waals surface area contributed by atoms with E-state index >= 15 is 0 Å². The SMILES string of the molecule is CNC(c1ccccc1)C(C)S(=O)C1CCCCC1. The lowest BCUT2D eigenvalue weighted by Gasteiger charge is -2.29. The second kappa shape index (κ2) is 7.20. The van der Waals surface area contributed by atoms with Crippen molar-refractivity contribution in [2.24, 2.45) is 0 Å². The van der Waals surface area contributed by atoms with Gasteiger partial charge in [-0.15, -0.1) is 0 Å². The van der Waals surface area contributed by atoms with Crippen LogP contribution >= 0.6 is 0 Å². The van der Waals surface area contributed by atoms with Gasteiger partial charge in [0.1, 0.15) is 0 Å². The fourth-order valence-corrected chi connectivity index (χ4v) is 5.03. The molecule has 1 saturated carbocycles. The number of benzene rings is 1. The molecule has 2 nitrogen and oxygen atoms in total. The smallest absolute Gasteiger partial charge is 0.0517 e. The predicted octanol–water partition coefficient (Wildman–Crippen LogP) is 3.42. The molecule has 1 aromatic rings. The van der Waals surface area contributed by atoms with E-state index in [9.17, 15) is 4.21 Å². The van der Waals surface area contributed by atoms with E-state index in [-0.39, 0.29) is 11.3 Å². The van der Waals surface area contributed by atoms with E-state index in [2.05, 4.69) is 36.5 Å². The van der Waals surface area contributed by atoms with Crippen LogP contribution in [0, 0.1) is 0 Å². The van der Waals surface area contributed by atoms with Crippen molar-refractivity contribution in [1.29, 1.82) is 0 Å². The van der Waals surface area contributed by atoms with Crippen molar-refractivity contribution in [3.05, 3.63) is 35.9 Å². The summed E-state index contributed by atoms with van der Waals surface area (Å²) in [5, 5.41) is 3.91. The first-order valence-electron chi connectivity index (χ1n) is 7.35. The molecule has 0 saturated heterocycles. The van der Waals surface area contributed by atoms with Gasteiger partial charge in [-0.3, -0.25) is 4.21 Å². The first kappa shape index (κ1) is 14.7. The Bertz CT molecular complexity index is 400. The molecule has 1 N–H and O–H groups in total. The van der Waals surface area contributed by atoms with E-state index in [1.165, 1.54) is 24.8 Å². The summed E-state index contributed by atoms with van der Waals surface area (Å²) in [7, 11) is 1.22. The van der Waals surface area contributed by atoms with Crippen molar-refractivity contribution in [2.75, 3.05) is 7.05 Å². The van der Waals surface area contributed by atoms with Gasteiger partial charge in [0.2, 0.25) is 0 Å². The third kappa shape index (κ3) is 3.67. The fourth-order valence-electron chi connectivity index (χ4n) is 3.07. The maximum absolute atomic E-state index is 12.7. The van der Waals surface area contributed by atoms with Crippen LogP contribution in [0.5, 0.6) is 0 Å². The second-order valence-electron chi connectivity index (χ2n) is 5.47. The van der Waals surface area contributed by atoms with Gasteiger partial charge in [0.15, 0.2) is 0 Å². The highest BCUT2D eigenvalue weighted by molar-refractivity contribution is 7.86. The van der Waals surface area contributed by atoms with E-state index in [4.69, 9.17) is 0 Å². The molecule has 2 rings (SSSR count). The molecule has 3 heteroatoms. The Hall–Kier alpha value is -0.670. The topological polar surface area (TPSA) is 29.1 Å². The Balaban J connectivity index is 2.07. The Morgan fingerprint density at radius 2 is 1.79 bits per heavy atom. The van der Waals surface area contributed by atoms with E-state index in [0.717, 1.165) is 12.8 Å². The van der Waals surface area contributed by atoms with Crippen LogP contribution in [-0.4, -0.2) is 21.8 Å². The maximum atomic E-state index is 12.7. The molecule has 0 amide bonds. The van der Waals surface area contributed by atoms with E-state index in [0.29, 0.717) is 5.25 Å². The van der Waals surface area contributed by atoms with Crippen molar-refractivity contribution < 1.29 is 4.21 Å². The molecule has 1 fully saturated rings. The monoisotopic (exact) mass is 279 g/mol. The third-order valence-electron chi connectivity index (χ3n) is 4.19. The van der Waals surface area contributed by atoms with Crippen molar-refractivity contribution in [1.82, 2.24) is 5.32 Å². The molecule has 0 spiro atoms. The minimum absolute atomic E-state index is 0.162. The van der Waals surface area contributed by atoms with Crippen LogP contribution < -0.4 is 5.32 Å². The summed E-state index contributed by atoms with van der Waals surface area (Å²) < 4.78 is 12.7. The Morgan fingerprint density at radius 1 is 1.16 bits per heavy atom. The highest BCUT2D eigenvalue weighted by Gasteiger charge is 2.29. The van der Waals surface area contributed by atoms with Gasteiger partial charge in [0.25, 0.3) is 0 Å². The highest BCUT2D eigenvalue weighted by Crippen LogP contribution is 2.28. The minimum atomic E-state index is -0.744. The van der Waals surface area contributed by atoms with Gasteiger partial charge in [-0.05, 0) is 32.4 Å². The molecule has 0 aliphatic heterocycles. The summed E-state index contributed by atoms with van der Waals surface area (Å²) in [5.74, 6) is 0. The van der Waals surface area contributed by atoms with Crippen molar-refractivity contribution in [2.45, 2.75) is 55.6 Å². The Labute approximate surface area is 119 Å². The zero-order chi connectivity index (χ0) is 13.7. The molecular weight excluding hydrogens is 254 g/mol. The summed E-state index contributed by atoms with van der Waals surface area (Å²) >= 11 is 0. The van der Waals surface area contributed by atoms with Crippen LogP contribution in [0.2, 0.25) is 0 Å². The second-order valence-corrected chi connectivity index (χ2v) is 7.54. The number of nitrogens with one attached hydrogen (secondary N) is 1. The predicted molar refractivity (Wildman–Crippen MR) is 82.7 cm³/mol. The lowest BCUT2D eigenvalue weighted by atomic mass is 10.0. The zero-order valence-electron chi connectivity index (χ0n) is 12.0. The van der Waals surface area contributed by atoms with Crippen LogP contribution in [0.4, 0.5) is 0 Å². The molecule has 1 aliphatic carbocycles. The average molecular weight is 279 g/mol. The molecule has 0 aromatic heterocycles. The molecule has 1 aromatic carbocycles. The molecule has 0 radical (unpaired) electrons. The maximum Gasteiger partial charge on any atom is 0.0517 e. The minimum Gasteiger partial charge on any atom is -0.312 e. The van der Waals surface area contributed by atoms with E-state index < -0.39 is 10.8 Å². The fraction of sp³-hybridized carbons (Fsp3) is 0.625. The first-order chi connectivity index (χ1) is 9.24. The largest absolute Gasteiger partial charge is 0.312 e. The van der Waals surface area contributed by atoms with E-state index in [1.54, 1.807) is 0 Å². The Kier molecular flexibility index (Phi) is 5.59. The number of hydrogen-bond acceptors (Lipinski definition) is 2. The summed E-state index contributed by atoms with van der Waals surface area (Å²) in [5.41, 5.74) is 1.24. The molecule has 19 heavy (non-hydrogen) atoms. The van der Waals surface area contributed by atoms with Gasteiger partial charge >= 0.3 is 0 Å². The standard InChI is InChI=1S/C16H25NOS/c1-13(19(18)15-11-7-4-8-12-15)16(17-2)14-9-5-3-6-10-14/h3,5-6,9-10,13,15-17H,4,7-8,11-12H2,1-2H3. The van der Waals surface area contributed by atoms with Gasteiger partial charge in [0, 0.05) is 22.1 Å². The Morgan fingerprint density at radius 3 is 2.37 bits per heavy atom. The molecule has 3 unspecified atom stereocenters. The van der Waals surface area contributed by atoms with Crippen LogP contribution in [0.25, 0.3) is 0 Å². The average Bonchev–Trinajstić information content (AvgIpc) is 2.49. The lowest BCUT2D eigenvalue weighted by molar-refractivity contribution is 0.494. The highest BCUT2D eigenvalue weighted by atomic mass is 32.2. The zero-order valence-corrected chi connectivity index (χ0v) is 12.8. The van der Waals surface area contributed by atoms with Gasteiger partial charge < -0.3 is 5.32 Å². The number of rotatable bonds is 5. The summed E-state index contributed by atoms with van der Waals surface area (Å²) in [6.45, 7) is 2.12. The summed E-state index contributed by atoms with van der Waals surface area (Å²) in [6.07, 6.45) is 6.10. The molecular formula is C16H25NOS.